The lowest BCUT2D eigenvalue weighted by Gasteiger charge is -2.14. The summed E-state index contributed by atoms with van der Waals surface area (Å²) in [6.07, 6.45) is -1.37. The van der Waals surface area contributed by atoms with E-state index in [0.29, 0.717) is 10.5 Å². The Bertz CT molecular complexity index is 586. The molecule has 2 aromatic rings. The Morgan fingerprint density at radius 2 is 1.50 bits per heavy atom. The highest BCUT2D eigenvalue weighted by Gasteiger charge is 2.18. The van der Waals surface area contributed by atoms with Crippen LogP contribution in [-0.2, 0) is 0 Å². The van der Waals surface area contributed by atoms with Crippen molar-refractivity contribution >= 4 is 15.9 Å². The fraction of sp³-hybridized carbons (Fsp3) is 0.0769. The summed E-state index contributed by atoms with van der Waals surface area (Å²) in [6.45, 7) is 0. The van der Waals surface area contributed by atoms with Crippen molar-refractivity contribution in [2.24, 2.45) is 0 Å². The predicted octanol–water partition coefficient (Wildman–Crippen LogP) is 3.95. The molecule has 0 aliphatic heterocycles. The number of hydrogen-bond acceptors (Lipinski definition) is 1. The average molecular weight is 317 g/mol. The van der Waals surface area contributed by atoms with E-state index >= 15 is 0 Å². The Labute approximate surface area is 110 Å². The molecule has 1 atom stereocenters. The van der Waals surface area contributed by atoms with E-state index in [0.717, 1.165) is 18.2 Å². The lowest BCUT2D eigenvalue weighted by Crippen LogP contribution is -2.04. The number of aliphatic hydroxyl groups excluding tert-OH is 1. The molecule has 0 fully saturated rings. The third-order valence-corrected chi connectivity index (χ3v) is 3.23. The van der Waals surface area contributed by atoms with Crippen LogP contribution < -0.4 is 0 Å². The number of hydrogen-bond donors (Lipinski definition) is 1. The summed E-state index contributed by atoms with van der Waals surface area (Å²) >= 11 is 3.14. The second kappa shape index (κ2) is 5.12. The van der Waals surface area contributed by atoms with Gasteiger partial charge >= 0.3 is 0 Å². The fourth-order valence-electron chi connectivity index (χ4n) is 1.61. The Morgan fingerprint density at radius 1 is 0.889 bits per heavy atom. The summed E-state index contributed by atoms with van der Waals surface area (Å²) in [5.41, 5.74) is 0.0724. The Morgan fingerprint density at radius 3 is 2.17 bits per heavy atom. The molecular formula is C13H8BrF3O. The average Bonchev–Trinajstić information content (AvgIpc) is 2.31. The summed E-state index contributed by atoms with van der Waals surface area (Å²) in [5, 5.41) is 10.0. The summed E-state index contributed by atoms with van der Waals surface area (Å²) in [5.74, 6) is -2.16. The van der Waals surface area contributed by atoms with E-state index in [1.165, 1.54) is 12.1 Å². The zero-order valence-electron chi connectivity index (χ0n) is 9.00. The quantitative estimate of drug-likeness (QED) is 0.889. The molecule has 1 unspecified atom stereocenters. The topological polar surface area (TPSA) is 20.2 Å². The van der Waals surface area contributed by atoms with E-state index in [2.05, 4.69) is 15.9 Å². The molecule has 0 bridgehead atoms. The van der Waals surface area contributed by atoms with E-state index in [9.17, 15) is 18.3 Å². The minimum atomic E-state index is -1.37. The van der Waals surface area contributed by atoms with E-state index in [1.54, 1.807) is 0 Å². The third-order valence-electron chi connectivity index (χ3n) is 2.51. The van der Waals surface area contributed by atoms with Gasteiger partial charge in [0.2, 0.25) is 0 Å². The van der Waals surface area contributed by atoms with Gasteiger partial charge in [-0.1, -0.05) is 22.0 Å². The molecule has 5 heteroatoms. The normalized spacial score (nSPS) is 12.5. The number of aliphatic hydroxyl groups is 1. The van der Waals surface area contributed by atoms with Crippen LogP contribution in [0.3, 0.4) is 0 Å². The first kappa shape index (κ1) is 13.1. The van der Waals surface area contributed by atoms with Crippen molar-refractivity contribution in [3.05, 3.63) is 69.4 Å². The lowest BCUT2D eigenvalue weighted by molar-refractivity contribution is 0.213. The Balaban J connectivity index is 2.47. The van der Waals surface area contributed by atoms with Gasteiger partial charge in [-0.2, -0.15) is 0 Å². The van der Waals surface area contributed by atoms with Crippen LogP contribution >= 0.6 is 15.9 Å². The summed E-state index contributed by atoms with van der Waals surface area (Å²) in [7, 11) is 0. The second-order valence-electron chi connectivity index (χ2n) is 3.73. The first-order valence-electron chi connectivity index (χ1n) is 5.07. The molecule has 18 heavy (non-hydrogen) atoms. The molecule has 0 saturated heterocycles. The summed E-state index contributed by atoms with van der Waals surface area (Å²) < 4.78 is 39.8. The van der Waals surface area contributed by atoms with Gasteiger partial charge in [-0.3, -0.25) is 0 Å². The van der Waals surface area contributed by atoms with E-state index < -0.39 is 23.6 Å². The fourth-order valence-corrected chi connectivity index (χ4v) is 2.08. The highest BCUT2D eigenvalue weighted by atomic mass is 79.9. The van der Waals surface area contributed by atoms with Crippen molar-refractivity contribution in [2.45, 2.75) is 6.10 Å². The zero-order chi connectivity index (χ0) is 13.3. The molecule has 0 spiro atoms. The van der Waals surface area contributed by atoms with Crippen LogP contribution in [0.25, 0.3) is 0 Å². The maximum Gasteiger partial charge on any atom is 0.132 e. The number of rotatable bonds is 2. The Hall–Kier alpha value is -1.33. The number of halogens is 4. The van der Waals surface area contributed by atoms with Crippen LogP contribution in [0, 0.1) is 17.5 Å². The maximum absolute atomic E-state index is 13.5. The highest BCUT2D eigenvalue weighted by molar-refractivity contribution is 9.10. The summed E-state index contributed by atoms with van der Waals surface area (Å²) in [6, 6.07) is 6.56. The van der Waals surface area contributed by atoms with Crippen molar-refractivity contribution in [1.29, 1.82) is 0 Å². The summed E-state index contributed by atoms with van der Waals surface area (Å²) in [4.78, 5) is 0. The predicted molar refractivity (Wildman–Crippen MR) is 64.5 cm³/mol. The minimum absolute atomic E-state index is 0.109. The SMILES string of the molecule is OC(c1ccc(F)cc1F)c1cc(F)ccc1Br. The largest absolute Gasteiger partial charge is 0.384 e. The van der Waals surface area contributed by atoms with Gasteiger partial charge in [0, 0.05) is 21.7 Å². The molecule has 2 aromatic carbocycles. The molecule has 0 aromatic heterocycles. The van der Waals surface area contributed by atoms with Gasteiger partial charge in [0.05, 0.1) is 0 Å². The van der Waals surface area contributed by atoms with Crippen LogP contribution in [0.4, 0.5) is 13.2 Å². The van der Waals surface area contributed by atoms with E-state index in [-0.39, 0.29) is 11.1 Å². The molecule has 2 rings (SSSR count). The van der Waals surface area contributed by atoms with Crippen LogP contribution in [0.5, 0.6) is 0 Å². The molecule has 94 valence electrons. The standard InChI is InChI=1S/C13H8BrF3O/c14-11-4-2-7(15)5-10(11)13(18)9-3-1-8(16)6-12(9)17/h1-6,13,18H. The van der Waals surface area contributed by atoms with Gasteiger partial charge in [-0.25, -0.2) is 13.2 Å². The monoisotopic (exact) mass is 316 g/mol. The van der Waals surface area contributed by atoms with E-state index in [1.807, 2.05) is 0 Å². The maximum atomic E-state index is 13.5. The first-order chi connectivity index (χ1) is 8.49. The van der Waals surface area contributed by atoms with Crippen LogP contribution in [0.15, 0.2) is 40.9 Å². The van der Waals surface area contributed by atoms with E-state index in [4.69, 9.17) is 0 Å². The van der Waals surface area contributed by atoms with Crippen LogP contribution in [0.1, 0.15) is 17.2 Å². The molecule has 0 heterocycles. The molecule has 0 amide bonds. The molecule has 0 radical (unpaired) electrons. The van der Waals surface area contributed by atoms with Crippen LogP contribution in [-0.4, -0.2) is 5.11 Å². The van der Waals surface area contributed by atoms with Gasteiger partial charge in [0.1, 0.15) is 23.6 Å². The van der Waals surface area contributed by atoms with Gasteiger partial charge in [0.15, 0.2) is 0 Å². The number of benzene rings is 2. The van der Waals surface area contributed by atoms with Crippen LogP contribution in [0.2, 0.25) is 0 Å². The van der Waals surface area contributed by atoms with Crippen molar-refractivity contribution in [1.82, 2.24) is 0 Å². The molecule has 0 aliphatic carbocycles. The van der Waals surface area contributed by atoms with Gasteiger partial charge in [-0.05, 0) is 24.3 Å². The zero-order valence-corrected chi connectivity index (χ0v) is 10.6. The van der Waals surface area contributed by atoms with Gasteiger partial charge in [0.25, 0.3) is 0 Å². The molecule has 0 aliphatic rings. The van der Waals surface area contributed by atoms with Crippen molar-refractivity contribution in [3.8, 4) is 0 Å². The second-order valence-corrected chi connectivity index (χ2v) is 4.59. The van der Waals surface area contributed by atoms with Crippen molar-refractivity contribution in [3.63, 3.8) is 0 Å². The van der Waals surface area contributed by atoms with Gasteiger partial charge < -0.3 is 5.11 Å². The molecule has 1 N–H and O–H groups in total. The smallest absolute Gasteiger partial charge is 0.132 e. The molecular weight excluding hydrogens is 309 g/mol. The molecule has 0 saturated carbocycles. The molecule has 1 nitrogen and oxygen atoms in total. The Kier molecular flexibility index (Phi) is 3.73. The van der Waals surface area contributed by atoms with Crippen molar-refractivity contribution in [2.75, 3.05) is 0 Å². The third kappa shape index (κ3) is 2.57. The van der Waals surface area contributed by atoms with Crippen molar-refractivity contribution < 1.29 is 18.3 Å². The first-order valence-corrected chi connectivity index (χ1v) is 5.86. The highest BCUT2D eigenvalue weighted by Crippen LogP contribution is 2.30. The minimum Gasteiger partial charge on any atom is -0.384 e. The lowest BCUT2D eigenvalue weighted by atomic mass is 10.0. The van der Waals surface area contributed by atoms with Gasteiger partial charge in [-0.15, -0.1) is 0 Å².